The molecule has 0 saturated carbocycles. The van der Waals surface area contributed by atoms with E-state index in [9.17, 15) is 13.2 Å². The summed E-state index contributed by atoms with van der Waals surface area (Å²) in [5, 5.41) is 12.3. The molecule has 0 amide bonds. The van der Waals surface area contributed by atoms with Crippen molar-refractivity contribution in [1.82, 2.24) is 5.32 Å². The number of nitrogens with one attached hydrogen (secondary N) is 1. The molecular weight excluding hydrogens is 303 g/mol. The van der Waals surface area contributed by atoms with Crippen molar-refractivity contribution >= 4 is 5.69 Å². The van der Waals surface area contributed by atoms with Crippen LogP contribution >= 0.6 is 0 Å². The number of alkyl halides is 3. The van der Waals surface area contributed by atoms with Crippen LogP contribution in [0.4, 0.5) is 18.9 Å². The monoisotopic (exact) mass is 323 g/mol. The molecule has 0 radical (unpaired) electrons. The maximum absolute atomic E-state index is 13.2. The molecule has 2 saturated heterocycles. The Morgan fingerprint density at radius 1 is 1.30 bits per heavy atom. The van der Waals surface area contributed by atoms with Gasteiger partial charge in [0.2, 0.25) is 0 Å². The zero-order chi connectivity index (χ0) is 16.7. The first-order valence-corrected chi connectivity index (χ1v) is 7.93. The Bertz CT molecular complexity index is 627. The van der Waals surface area contributed by atoms with Gasteiger partial charge in [-0.2, -0.15) is 18.4 Å². The Labute approximate surface area is 134 Å². The van der Waals surface area contributed by atoms with Crippen molar-refractivity contribution in [2.24, 2.45) is 5.41 Å². The predicted octanol–water partition coefficient (Wildman–Crippen LogP) is 3.55. The molecule has 3 rings (SSSR count). The Hall–Kier alpha value is -1.74. The summed E-state index contributed by atoms with van der Waals surface area (Å²) in [7, 11) is 0. The van der Waals surface area contributed by atoms with Crippen molar-refractivity contribution in [3.8, 4) is 6.07 Å². The quantitative estimate of drug-likeness (QED) is 0.859. The van der Waals surface area contributed by atoms with Crippen molar-refractivity contribution in [3.05, 3.63) is 29.3 Å². The van der Waals surface area contributed by atoms with Gasteiger partial charge in [-0.05, 0) is 62.9 Å². The number of halogens is 3. The van der Waals surface area contributed by atoms with E-state index in [-0.39, 0.29) is 17.0 Å². The van der Waals surface area contributed by atoms with E-state index in [2.05, 4.69) is 17.1 Å². The van der Waals surface area contributed by atoms with Crippen LogP contribution in [0.3, 0.4) is 0 Å². The Morgan fingerprint density at radius 2 is 2.00 bits per heavy atom. The first-order chi connectivity index (χ1) is 10.8. The van der Waals surface area contributed by atoms with Gasteiger partial charge in [-0.15, -0.1) is 0 Å². The topological polar surface area (TPSA) is 39.1 Å². The van der Waals surface area contributed by atoms with Gasteiger partial charge >= 0.3 is 6.18 Å². The van der Waals surface area contributed by atoms with Gasteiger partial charge < -0.3 is 10.2 Å². The summed E-state index contributed by atoms with van der Waals surface area (Å²) in [5.41, 5.74) is -0.378. The number of nitrogens with zero attached hydrogens (tertiary/aromatic N) is 2. The molecule has 3 nitrogen and oxygen atoms in total. The molecule has 1 atom stereocenters. The second kappa shape index (κ2) is 5.72. The van der Waals surface area contributed by atoms with E-state index >= 15 is 0 Å². The summed E-state index contributed by atoms with van der Waals surface area (Å²) < 4.78 is 39.5. The summed E-state index contributed by atoms with van der Waals surface area (Å²) in [5.74, 6) is 0. The highest BCUT2D eigenvalue weighted by Crippen LogP contribution is 2.44. The summed E-state index contributed by atoms with van der Waals surface area (Å²) >= 11 is 0. The molecule has 1 aromatic carbocycles. The van der Waals surface area contributed by atoms with Crippen molar-refractivity contribution < 1.29 is 13.2 Å². The van der Waals surface area contributed by atoms with Crippen LogP contribution in [-0.4, -0.2) is 25.7 Å². The highest BCUT2D eigenvalue weighted by Gasteiger charge is 2.43. The van der Waals surface area contributed by atoms with E-state index in [0.29, 0.717) is 5.69 Å². The SMILES string of the molecule is C[C@H]1CC2(CCNCC2)CN1c1ccc(C#N)c(C(F)(F)F)c1. The number of anilines is 1. The van der Waals surface area contributed by atoms with Crippen LogP contribution in [0.2, 0.25) is 0 Å². The van der Waals surface area contributed by atoms with Crippen LogP contribution in [0.15, 0.2) is 18.2 Å². The van der Waals surface area contributed by atoms with Crippen LogP contribution in [0, 0.1) is 16.7 Å². The third-order valence-corrected chi connectivity index (χ3v) is 5.19. The Morgan fingerprint density at radius 3 is 2.61 bits per heavy atom. The average Bonchev–Trinajstić information content (AvgIpc) is 2.82. The molecule has 2 fully saturated rings. The van der Waals surface area contributed by atoms with Gasteiger partial charge in [0.05, 0.1) is 17.2 Å². The van der Waals surface area contributed by atoms with E-state index in [0.717, 1.165) is 45.0 Å². The summed E-state index contributed by atoms with van der Waals surface area (Å²) in [6.45, 7) is 4.81. The van der Waals surface area contributed by atoms with E-state index < -0.39 is 11.7 Å². The lowest BCUT2D eigenvalue weighted by atomic mass is 9.77. The van der Waals surface area contributed by atoms with Crippen LogP contribution in [0.1, 0.15) is 37.3 Å². The molecule has 0 aliphatic carbocycles. The van der Waals surface area contributed by atoms with Gasteiger partial charge in [-0.25, -0.2) is 0 Å². The number of piperidine rings is 1. The maximum Gasteiger partial charge on any atom is 0.417 e. The van der Waals surface area contributed by atoms with E-state index in [1.54, 1.807) is 12.1 Å². The minimum absolute atomic E-state index is 0.205. The molecule has 0 unspecified atom stereocenters. The fourth-order valence-corrected chi connectivity index (χ4v) is 4.03. The number of rotatable bonds is 1. The highest BCUT2D eigenvalue weighted by atomic mass is 19.4. The van der Waals surface area contributed by atoms with Crippen LogP contribution in [-0.2, 0) is 6.18 Å². The summed E-state index contributed by atoms with van der Waals surface area (Å²) in [4.78, 5) is 2.07. The van der Waals surface area contributed by atoms with Crippen molar-refractivity contribution in [1.29, 1.82) is 5.26 Å². The number of hydrogen-bond acceptors (Lipinski definition) is 3. The molecule has 1 spiro atoms. The molecule has 2 aliphatic heterocycles. The lowest BCUT2D eigenvalue weighted by molar-refractivity contribution is -0.137. The lowest BCUT2D eigenvalue weighted by Crippen LogP contribution is -2.38. The second-order valence-corrected chi connectivity index (χ2v) is 6.77. The fourth-order valence-electron chi connectivity index (χ4n) is 4.03. The largest absolute Gasteiger partial charge is 0.417 e. The van der Waals surface area contributed by atoms with E-state index in [4.69, 9.17) is 5.26 Å². The molecule has 2 heterocycles. The zero-order valence-electron chi connectivity index (χ0n) is 13.1. The van der Waals surface area contributed by atoms with E-state index in [1.165, 1.54) is 6.07 Å². The minimum Gasteiger partial charge on any atom is -0.368 e. The molecule has 0 aromatic heterocycles. The van der Waals surface area contributed by atoms with Crippen LogP contribution in [0.5, 0.6) is 0 Å². The van der Waals surface area contributed by atoms with Crippen LogP contribution < -0.4 is 10.2 Å². The van der Waals surface area contributed by atoms with Crippen LogP contribution in [0.25, 0.3) is 0 Å². The number of hydrogen-bond donors (Lipinski definition) is 1. The Balaban J connectivity index is 1.91. The standard InChI is InChI=1S/C17H20F3N3/c1-12-9-16(4-6-22-7-5-16)11-23(12)14-3-2-13(10-21)15(8-14)17(18,19)20/h2-3,8,12,22H,4-7,9,11H2,1H3/t12-/m0/s1. The summed E-state index contributed by atoms with van der Waals surface area (Å²) in [6, 6.07) is 5.92. The van der Waals surface area contributed by atoms with Gasteiger partial charge in [-0.3, -0.25) is 0 Å². The minimum atomic E-state index is -4.50. The molecule has 124 valence electrons. The first-order valence-electron chi connectivity index (χ1n) is 7.93. The molecule has 23 heavy (non-hydrogen) atoms. The third-order valence-electron chi connectivity index (χ3n) is 5.19. The Kier molecular flexibility index (Phi) is 4.01. The molecule has 1 N–H and O–H groups in total. The van der Waals surface area contributed by atoms with Gasteiger partial charge in [0, 0.05) is 18.3 Å². The molecule has 1 aromatic rings. The summed E-state index contributed by atoms with van der Waals surface area (Å²) in [6.07, 6.45) is -1.36. The lowest BCUT2D eigenvalue weighted by Gasteiger charge is -2.34. The molecule has 0 bridgehead atoms. The fraction of sp³-hybridized carbons (Fsp3) is 0.588. The molecular formula is C17H20F3N3. The normalized spacial score (nSPS) is 24.0. The van der Waals surface area contributed by atoms with Gasteiger partial charge in [-0.1, -0.05) is 0 Å². The average molecular weight is 323 g/mol. The first kappa shape index (κ1) is 16.1. The van der Waals surface area contributed by atoms with Gasteiger partial charge in [0.1, 0.15) is 0 Å². The zero-order valence-corrected chi connectivity index (χ0v) is 13.1. The van der Waals surface area contributed by atoms with E-state index in [1.807, 2.05) is 0 Å². The smallest absolute Gasteiger partial charge is 0.368 e. The van der Waals surface area contributed by atoms with Crippen molar-refractivity contribution in [3.63, 3.8) is 0 Å². The highest BCUT2D eigenvalue weighted by molar-refractivity contribution is 5.56. The predicted molar refractivity (Wildman–Crippen MR) is 82.1 cm³/mol. The van der Waals surface area contributed by atoms with Crippen molar-refractivity contribution in [2.45, 2.75) is 38.4 Å². The number of nitriles is 1. The second-order valence-electron chi connectivity index (χ2n) is 6.77. The third kappa shape index (κ3) is 3.02. The van der Waals surface area contributed by atoms with Crippen molar-refractivity contribution in [2.75, 3.05) is 24.5 Å². The van der Waals surface area contributed by atoms with Gasteiger partial charge in [0.25, 0.3) is 0 Å². The number of benzene rings is 1. The maximum atomic E-state index is 13.2. The molecule has 2 aliphatic rings. The van der Waals surface area contributed by atoms with Gasteiger partial charge in [0.15, 0.2) is 0 Å². The molecule has 6 heteroatoms.